The number of guanidine groups is 1. The summed E-state index contributed by atoms with van der Waals surface area (Å²) >= 11 is 0. The van der Waals surface area contributed by atoms with E-state index >= 15 is 0 Å². The molecule has 1 aliphatic rings. The Labute approximate surface area is 136 Å². The molecule has 2 rings (SSSR count). The van der Waals surface area contributed by atoms with Crippen LogP contribution in [0, 0.1) is 5.82 Å². The first-order valence-electron chi connectivity index (χ1n) is 7.64. The molecule has 6 nitrogen and oxygen atoms in total. The number of rotatable bonds is 7. The molecule has 1 aliphatic carbocycles. The van der Waals surface area contributed by atoms with E-state index in [-0.39, 0.29) is 23.5 Å². The molecule has 128 valence electrons. The van der Waals surface area contributed by atoms with Gasteiger partial charge in [0.1, 0.15) is 5.82 Å². The van der Waals surface area contributed by atoms with Gasteiger partial charge in [-0.15, -0.1) is 0 Å². The fraction of sp³-hybridized carbons (Fsp3) is 0.533. The number of nitrogens with two attached hydrogens (primary N) is 1. The first-order chi connectivity index (χ1) is 10.9. The summed E-state index contributed by atoms with van der Waals surface area (Å²) in [7, 11) is -3.51. The monoisotopic (exact) mass is 342 g/mol. The second-order valence-electron chi connectivity index (χ2n) is 5.75. The molecule has 1 saturated carbocycles. The number of sulfonamides is 1. The van der Waals surface area contributed by atoms with Crippen LogP contribution in [-0.2, 0) is 15.4 Å². The van der Waals surface area contributed by atoms with Crippen molar-refractivity contribution in [1.29, 1.82) is 0 Å². The highest BCUT2D eigenvalue weighted by Crippen LogP contribution is 2.49. The zero-order valence-electron chi connectivity index (χ0n) is 13.2. The minimum Gasteiger partial charge on any atom is -0.357 e. The minimum atomic E-state index is -3.51. The lowest BCUT2D eigenvalue weighted by Crippen LogP contribution is -2.40. The lowest BCUT2D eigenvalue weighted by molar-refractivity contribution is 0.572. The van der Waals surface area contributed by atoms with Gasteiger partial charge in [0.05, 0.1) is 12.3 Å². The zero-order valence-corrected chi connectivity index (χ0v) is 14.0. The lowest BCUT2D eigenvalue weighted by Gasteiger charge is -2.16. The van der Waals surface area contributed by atoms with Crippen LogP contribution in [0.1, 0.15) is 25.3 Å². The van der Waals surface area contributed by atoms with Crippen LogP contribution >= 0.6 is 0 Å². The molecular formula is C15H23FN4O2S. The molecule has 23 heavy (non-hydrogen) atoms. The van der Waals surface area contributed by atoms with Crippen molar-refractivity contribution in [3.8, 4) is 0 Å². The van der Waals surface area contributed by atoms with Crippen LogP contribution in [-0.4, -0.2) is 39.8 Å². The van der Waals surface area contributed by atoms with E-state index in [1.807, 2.05) is 13.0 Å². The molecule has 0 unspecified atom stereocenters. The number of nitrogens with one attached hydrogen (secondary N) is 2. The number of aliphatic imine (C=N–C) groups is 1. The Morgan fingerprint density at radius 3 is 2.61 bits per heavy atom. The van der Waals surface area contributed by atoms with Crippen molar-refractivity contribution in [2.45, 2.75) is 25.2 Å². The number of halogens is 1. The Morgan fingerprint density at radius 2 is 2.04 bits per heavy atom. The third-order valence-corrected chi connectivity index (χ3v) is 4.64. The van der Waals surface area contributed by atoms with Crippen LogP contribution in [0.2, 0.25) is 0 Å². The topological polar surface area (TPSA) is 96.6 Å². The summed E-state index contributed by atoms with van der Waals surface area (Å²) in [5, 5.41) is 10.9. The van der Waals surface area contributed by atoms with Gasteiger partial charge < -0.3 is 10.6 Å². The summed E-state index contributed by atoms with van der Waals surface area (Å²) in [6.45, 7) is 3.20. The predicted octanol–water partition coefficient (Wildman–Crippen LogP) is 0.701. The van der Waals surface area contributed by atoms with E-state index in [1.165, 1.54) is 6.07 Å². The van der Waals surface area contributed by atoms with E-state index in [2.05, 4.69) is 15.6 Å². The molecule has 1 fully saturated rings. The van der Waals surface area contributed by atoms with Gasteiger partial charge in [-0.1, -0.05) is 18.2 Å². The number of hydrogen-bond donors (Lipinski definition) is 3. The van der Waals surface area contributed by atoms with Crippen LogP contribution in [0.3, 0.4) is 0 Å². The van der Waals surface area contributed by atoms with Crippen LogP contribution in [0.15, 0.2) is 29.3 Å². The van der Waals surface area contributed by atoms with Crippen molar-refractivity contribution in [3.63, 3.8) is 0 Å². The molecule has 0 heterocycles. The van der Waals surface area contributed by atoms with Crippen molar-refractivity contribution >= 4 is 16.0 Å². The Morgan fingerprint density at radius 1 is 1.35 bits per heavy atom. The molecule has 0 bridgehead atoms. The molecular weight excluding hydrogens is 319 g/mol. The van der Waals surface area contributed by atoms with E-state index in [0.29, 0.717) is 24.6 Å². The first kappa shape index (κ1) is 17.7. The fourth-order valence-corrected chi connectivity index (χ4v) is 2.83. The summed E-state index contributed by atoms with van der Waals surface area (Å²) in [5.74, 6) is 0.140. The van der Waals surface area contributed by atoms with Gasteiger partial charge in [0.2, 0.25) is 10.0 Å². The maximum atomic E-state index is 14.0. The second-order valence-corrected chi connectivity index (χ2v) is 7.48. The molecule has 1 aromatic carbocycles. The lowest BCUT2D eigenvalue weighted by atomic mass is 9.95. The van der Waals surface area contributed by atoms with Crippen molar-refractivity contribution in [1.82, 2.24) is 10.6 Å². The first-order valence-corrected chi connectivity index (χ1v) is 9.35. The van der Waals surface area contributed by atoms with E-state index in [1.54, 1.807) is 12.1 Å². The summed E-state index contributed by atoms with van der Waals surface area (Å²) < 4.78 is 35.9. The average Bonchev–Trinajstić information content (AvgIpc) is 3.25. The van der Waals surface area contributed by atoms with Crippen LogP contribution in [0.5, 0.6) is 0 Å². The Hall–Kier alpha value is -1.67. The highest BCUT2D eigenvalue weighted by molar-refractivity contribution is 7.89. The molecule has 0 atom stereocenters. The molecule has 0 radical (unpaired) electrons. The third kappa shape index (κ3) is 5.18. The largest absolute Gasteiger partial charge is 0.357 e. The average molecular weight is 342 g/mol. The minimum absolute atomic E-state index is 0.171. The van der Waals surface area contributed by atoms with Crippen LogP contribution < -0.4 is 15.8 Å². The maximum absolute atomic E-state index is 14.0. The Bertz CT molecular complexity index is 672. The number of benzene rings is 1. The van der Waals surface area contributed by atoms with Crippen molar-refractivity contribution in [2.75, 3.05) is 25.4 Å². The normalized spacial score (nSPS) is 16.9. The Kier molecular flexibility index (Phi) is 5.59. The molecule has 0 saturated heterocycles. The summed E-state index contributed by atoms with van der Waals surface area (Å²) in [6, 6.07) is 6.78. The molecule has 4 N–H and O–H groups in total. The highest BCUT2D eigenvalue weighted by atomic mass is 32.2. The molecule has 0 aromatic heterocycles. The zero-order chi connectivity index (χ0) is 16.9. The van der Waals surface area contributed by atoms with Crippen molar-refractivity contribution in [2.24, 2.45) is 10.1 Å². The number of hydrogen-bond acceptors (Lipinski definition) is 3. The summed E-state index contributed by atoms with van der Waals surface area (Å²) in [6.07, 6.45) is 1.79. The molecule has 0 spiro atoms. The van der Waals surface area contributed by atoms with Gasteiger partial charge in [-0.3, -0.25) is 4.99 Å². The van der Waals surface area contributed by atoms with Crippen molar-refractivity contribution in [3.05, 3.63) is 35.6 Å². The molecule has 0 aliphatic heterocycles. The van der Waals surface area contributed by atoms with Gasteiger partial charge in [0, 0.05) is 18.5 Å². The number of primary sulfonamides is 1. The van der Waals surface area contributed by atoms with E-state index in [4.69, 9.17) is 5.14 Å². The standard InChI is InChI=1S/C15H23FN4O2S/c1-2-18-14(19-9-10-23(17,21)22)20-11-15(7-8-15)12-5-3-4-6-13(12)16/h3-6H,2,7-11H2,1H3,(H2,17,21,22)(H2,18,19,20). The van der Waals surface area contributed by atoms with Gasteiger partial charge in [-0.05, 0) is 31.4 Å². The molecule has 1 aromatic rings. The van der Waals surface area contributed by atoms with E-state index in [9.17, 15) is 12.8 Å². The quantitative estimate of drug-likeness (QED) is 0.502. The summed E-state index contributed by atoms with van der Waals surface area (Å²) in [5.41, 5.74) is 0.456. The maximum Gasteiger partial charge on any atom is 0.210 e. The predicted molar refractivity (Wildman–Crippen MR) is 89.3 cm³/mol. The van der Waals surface area contributed by atoms with Gasteiger partial charge in [0.25, 0.3) is 0 Å². The SMILES string of the molecule is CCNC(=NCC1(c2ccccc2F)CC1)NCCS(N)(=O)=O. The van der Waals surface area contributed by atoms with Gasteiger partial charge in [-0.25, -0.2) is 17.9 Å². The Balaban J connectivity index is 2.01. The van der Waals surface area contributed by atoms with E-state index < -0.39 is 10.0 Å². The second kappa shape index (κ2) is 7.27. The fourth-order valence-electron chi connectivity index (χ4n) is 2.44. The smallest absolute Gasteiger partial charge is 0.210 e. The van der Waals surface area contributed by atoms with Gasteiger partial charge in [-0.2, -0.15) is 0 Å². The number of nitrogens with zero attached hydrogens (tertiary/aromatic N) is 1. The van der Waals surface area contributed by atoms with Crippen molar-refractivity contribution < 1.29 is 12.8 Å². The van der Waals surface area contributed by atoms with Gasteiger partial charge >= 0.3 is 0 Å². The summed E-state index contributed by atoms with van der Waals surface area (Å²) in [4.78, 5) is 4.48. The van der Waals surface area contributed by atoms with Crippen LogP contribution in [0.4, 0.5) is 4.39 Å². The van der Waals surface area contributed by atoms with Crippen LogP contribution in [0.25, 0.3) is 0 Å². The molecule has 0 amide bonds. The third-order valence-electron chi connectivity index (χ3n) is 3.86. The van der Waals surface area contributed by atoms with Gasteiger partial charge in [0.15, 0.2) is 5.96 Å². The highest BCUT2D eigenvalue weighted by Gasteiger charge is 2.45. The molecule has 8 heteroatoms. The van der Waals surface area contributed by atoms with E-state index in [0.717, 1.165) is 12.8 Å².